The molecule has 1 N–H and O–H groups in total. The van der Waals surface area contributed by atoms with Crippen LogP contribution < -0.4 is 4.74 Å². The number of benzene rings is 2. The number of nitrogens with zero attached hydrogens (tertiary/aromatic N) is 1. The number of ether oxygens (including phenoxy) is 1. The fourth-order valence-electron chi connectivity index (χ4n) is 2.60. The minimum Gasteiger partial charge on any atom is -0.486 e. The molecule has 0 unspecified atom stereocenters. The Labute approximate surface area is 181 Å². The van der Waals surface area contributed by atoms with Crippen molar-refractivity contribution in [2.24, 2.45) is 0 Å². The van der Waals surface area contributed by atoms with Gasteiger partial charge in [0.1, 0.15) is 11.5 Å². The molecule has 11 heteroatoms. The molecule has 0 radical (unpaired) electrons. The van der Waals surface area contributed by atoms with E-state index in [1.807, 2.05) is 0 Å². The highest BCUT2D eigenvalue weighted by Gasteiger charge is 2.38. The summed E-state index contributed by atoms with van der Waals surface area (Å²) in [6, 6.07) is 7.95. The summed E-state index contributed by atoms with van der Waals surface area (Å²) < 4.78 is 77.7. The molecule has 31 heavy (non-hydrogen) atoms. The van der Waals surface area contributed by atoms with E-state index in [1.54, 1.807) is 0 Å². The predicted molar refractivity (Wildman–Crippen MR) is 105 cm³/mol. The van der Waals surface area contributed by atoms with Gasteiger partial charge < -0.3 is 9.84 Å². The van der Waals surface area contributed by atoms with Crippen molar-refractivity contribution in [3.8, 4) is 17.0 Å². The molecule has 162 valence electrons. The van der Waals surface area contributed by atoms with Crippen molar-refractivity contribution in [2.75, 3.05) is 0 Å². The summed E-state index contributed by atoms with van der Waals surface area (Å²) in [6.07, 6.45) is -3.27. The summed E-state index contributed by atoms with van der Waals surface area (Å²) in [5, 5.41) is 8.95. The van der Waals surface area contributed by atoms with E-state index in [4.69, 9.17) is 21.4 Å². The van der Waals surface area contributed by atoms with Crippen molar-refractivity contribution in [3.05, 3.63) is 75.1 Å². The number of halogens is 6. The van der Waals surface area contributed by atoms with E-state index in [2.05, 4.69) is 4.37 Å². The average molecular weight is 476 g/mol. The fourth-order valence-corrected chi connectivity index (χ4v) is 3.49. The van der Waals surface area contributed by atoms with Crippen molar-refractivity contribution in [3.63, 3.8) is 0 Å². The molecule has 1 aromatic heterocycles. The SMILES string of the molecule is O=C(O)/C=C/c1ccc(OCc2c(-c3ccc(Cl)cc3)nsc2C(F)(F)F)c(F)c1F. The van der Waals surface area contributed by atoms with Crippen LogP contribution in [0.5, 0.6) is 5.75 Å². The monoisotopic (exact) mass is 475 g/mol. The van der Waals surface area contributed by atoms with Crippen LogP contribution in [0.15, 0.2) is 42.5 Å². The van der Waals surface area contributed by atoms with Crippen LogP contribution in [0.2, 0.25) is 5.02 Å². The normalized spacial score (nSPS) is 11.8. The van der Waals surface area contributed by atoms with Gasteiger partial charge in [-0.3, -0.25) is 0 Å². The fraction of sp³-hybridized carbons (Fsp3) is 0.100. The molecule has 3 rings (SSSR count). The molecule has 2 aromatic carbocycles. The van der Waals surface area contributed by atoms with E-state index in [-0.39, 0.29) is 28.4 Å². The second-order valence-electron chi connectivity index (χ2n) is 6.08. The van der Waals surface area contributed by atoms with E-state index in [1.165, 1.54) is 24.3 Å². The lowest BCUT2D eigenvalue weighted by Gasteiger charge is -2.12. The Morgan fingerprint density at radius 3 is 2.42 bits per heavy atom. The van der Waals surface area contributed by atoms with Crippen LogP contribution in [0.25, 0.3) is 17.3 Å². The van der Waals surface area contributed by atoms with Gasteiger partial charge in [0, 0.05) is 27.8 Å². The van der Waals surface area contributed by atoms with E-state index in [0.717, 1.165) is 18.2 Å². The highest BCUT2D eigenvalue weighted by molar-refractivity contribution is 7.06. The van der Waals surface area contributed by atoms with Crippen LogP contribution in [0.3, 0.4) is 0 Å². The zero-order valence-electron chi connectivity index (χ0n) is 15.2. The molecule has 0 saturated carbocycles. The Bertz CT molecular complexity index is 1140. The number of carbonyl (C=O) groups is 1. The van der Waals surface area contributed by atoms with Crippen molar-refractivity contribution in [1.82, 2.24) is 4.37 Å². The minimum absolute atomic E-state index is 0.0177. The molecule has 0 bridgehead atoms. The summed E-state index contributed by atoms with van der Waals surface area (Å²) in [6.45, 7) is -0.732. The predicted octanol–water partition coefficient (Wildman–Crippen LogP) is 6.44. The number of rotatable bonds is 6. The minimum atomic E-state index is -4.73. The second-order valence-corrected chi connectivity index (χ2v) is 7.29. The third-order valence-corrected chi connectivity index (χ3v) is 5.20. The van der Waals surface area contributed by atoms with Crippen LogP contribution in [0.4, 0.5) is 22.0 Å². The number of hydrogen-bond donors (Lipinski definition) is 1. The van der Waals surface area contributed by atoms with Gasteiger partial charge in [-0.1, -0.05) is 23.7 Å². The first-order valence-corrected chi connectivity index (χ1v) is 9.56. The lowest BCUT2D eigenvalue weighted by molar-refractivity contribution is -0.135. The van der Waals surface area contributed by atoms with Gasteiger partial charge >= 0.3 is 12.1 Å². The van der Waals surface area contributed by atoms with E-state index >= 15 is 0 Å². The van der Waals surface area contributed by atoms with Gasteiger partial charge in [-0.15, -0.1) is 0 Å². The highest BCUT2D eigenvalue weighted by atomic mass is 35.5. The molecular weight excluding hydrogens is 465 g/mol. The molecule has 0 atom stereocenters. The van der Waals surface area contributed by atoms with Crippen LogP contribution >= 0.6 is 23.1 Å². The molecule has 4 nitrogen and oxygen atoms in total. The first kappa shape index (κ1) is 22.7. The van der Waals surface area contributed by atoms with Crippen molar-refractivity contribution in [1.29, 1.82) is 0 Å². The molecule has 0 spiro atoms. The van der Waals surface area contributed by atoms with Gasteiger partial charge in [0.2, 0.25) is 5.82 Å². The summed E-state index contributed by atoms with van der Waals surface area (Å²) in [5.74, 6) is -4.85. The second kappa shape index (κ2) is 9.03. The summed E-state index contributed by atoms with van der Waals surface area (Å²) >= 11 is 6.02. The maximum Gasteiger partial charge on any atom is 0.427 e. The Morgan fingerprint density at radius 2 is 1.81 bits per heavy atom. The molecule has 3 aromatic rings. The van der Waals surface area contributed by atoms with Gasteiger partial charge in [0.25, 0.3) is 0 Å². The Morgan fingerprint density at radius 1 is 1.13 bits per heavy atom. The molecule has 1 heterocycles. The van der Waals surface area contributed by atoms with Gasteiger partial charge in [-0.05, 0) is 41.9 Å². The van der Waals surface area contributed by atoms with E-state index in [0.29, 0.717) is 16.7 Å². The third-order valence-electron chi connectivity index (χ3n) is 4.02. The number of carboxylic acids is 1. The van der Waals surface area contributed by atoms with Gasteiger partial charge in [-0.25, -0.2) is 9.18 Å². The number of aliphatic carboxylic acids is 1. The van der Waals surface area contributed by atoms with Crippen molar-refractivity contribution < 1.29 is 36.6 Å². The number of alkyl halides is 3. The topological polar surface area (TPSA) is 59.4 Å². The van der Waals surface area contributed by atoms with Crippen LogP contribution in [0, 0.1) is 11.6 Å². The van der Waals surface area contributed by atoms with E-state index in [9.17, 15) is 26.7 Å². The van der Waals surface area contributed by atoms with Crippen molar-refractivity contribution in [2.45, 2.75) is 12.8 Å². The molecule has 0 aliphatic carbocycles. The molecule has 0 fully saturated rings. The molecular formula is C20H11ClF5NO3S. The third kappa shape index (κ3) is 5.20. The van der Waals surface area contributed by atoms with E-state index < -0.39 is 41.0 Å². The van der Waals surface area contributed by atoms with Crippen molar-refractivity contribution >= 4 is 35.2 Å². The number of aromatic nitrogens is 1. The Kier molecular flexibility index (Phi) is 6.61. The Hall–Kier alpha value is -2.98. The number of carboxylic acid groups (broad SMARTS) is 1. The smallest absolute Gasteiger partial charge is 0.427 e. The first-order valence-electron chi connectivity index (χ1n) is 8.41. The van der Waals surface area contributed by atoms with Crippen LogP contribution in [-0.2, 0) is 17.6 Å². The molecule has 0 aliphatic heterocycles. The van der Waals surface area contributed by atoms with Crippen LogP contribution in [-0.4, -0.2) is 15.4 Å². The summed E-state index contributed by atoms with van der Waals surface area (Å²) in [5.41, 5.74) is -0.372. The average Bonchev–Trinajstić information content (AvgIpc) is 3.13. The molecule has 0 amide bonds. The van der Waals surface area contributed by atoms with Gasteiger partial charge in [-0.2, -0.15) is 21.9 Å². The largest absolute Gasteiger partial charge is 0.486 e. The quantitative estimate of drug-likeness (QED) is 0.329. The number of hydrogen-bond acceptors (Lipinski definition) is 4. The zero-order chi connectivity index (χ0) is 22.8. The Balaban J connectivity index is 1.94. The standard InChI is InChI=1S/C20H11ClF5NO3S/c21-12-5-1-11(2-6-12)18-13(19(31-27-18)20(24,25)26)9-30-14-7-3-10(4-8-15(28)29)16(22)17(14)23/h1-8H,9H2,(H,28,29)/b8-4+. The highest BCUT2D eigenvalue weighted by Crippen LogP contribution is 2.40. The first-order chi connectivity index (χ1) is 14.6. The van der Waals surface area contributed by atoms with Crippen LogP contribution in [0.1, 0.15) is 16.0 Å². The lowest BCUT2D eigenvalue weighted by Crippen LogP contribution is -2.09. The maximum absolute atomic E-state index is 14.3. The molecule has 0 saturated heterocycles. The summed E-state index contributed by atoms with van der Waals surface area (Å²) in [7, 11) is 0. The van der Waals surface area contributed by atoms with Gasteiger partial charge in [0.15, 0.2) is 11.6 Å². The zero-order valence-corrected chi connectivity index (χ0v) is 16.8. The molecule has 0 aliphatic rings. The lowest BCUT2D eigenvalue weighted by atomic mass is 10.1. The maximum atomic E-state index is 14.3. The van der Waals surface area contributed by atoms with Gasteiger partial charge in [0.05, 0.1) is 5.69 Å². The summed E-state index contributed by atoms with van der Waals surface area (Å²) in [4.78, 5) is 9.49.